The molecular formula is C10H11FO3. The van der Waals surface area contributed by atoms with Crippen molar-refractivity contribution >= 4 is 5.97 Å². The zero-order valence-electron chi connectivity index (χ0n) is 7.79. The van der Waals surface area contributed by atoms with Crippen LogP contribution in [0.25, 0.3) is 0 Å². The third-order valence-corrected chi connectivity index (χ3v) is 1.66. The van der Waals surface area contributed by atoms with E-state index in [1.807, 2.05) is 0 Å². The number of carboxylic acids is 1. The predicted molar refractivity (Wildman–Crippen MR) is 48.9 cm³/mol. The van der Waals surface area contributed by atoms with Gasteiger partial charge in [0.1, 0.15) is 0 Å². The molecule has 0 heterocycles. The number of halogens is 1. The predicted octanol–water partition coefficient (Wildman–Crippen LogP) is 1.99. The first-order valence-corrected chi connectivity index (χ1v) is 4.20. The lowest BCUT2D eigenvalue weighted by molar-refractivity contribution is -0.137. The molecule has 0 bridgehead atoms. The highest BCUT2D eigenvalue weighted by molar-refractivity contribution is 5.66. The van der Waals surface area contributed by atoms with Gasteiger partial charge in [0.2, 0.25) is 0 Å². The second-order valence-electron chi connectivity index (χ2n) is 2.93. The molecule has 0 spiro atoms. The van der Waals surface area contributed by atoms with Crippen molar-refractivity contribution in [1.29, 1.82) is 0 Å². The minimum Gasteiger partial charge on any atom is -0.490 e. The Morgan fingerprint density at radius 2 is 2.29 bits per heavy atom. The Hall–Kier alpha value is -1.58. The second kappa shape index (κ2) is 4.60. The molecule has 0 aliphatic rings. The molecular weight excluding hydrogens is 187 g/mol. The standard InChI is InChI=1S/C10H11FO3/c1-7-2-3-9(8(11)6-7)14-5-4-10(12)13/h2-3,6H,4-5H2,1H3,(H,12,13). The molecule has 76 valence electrons. The maximum absolute atomic E-state index is 13.1. The van der Waals surface area contributed by atoms with Crippen LogP contribution in [0.15, 0.2) is 18.2 Å². The Labute approximate surface area is 81.1 Å². The van der Waals surface area contributed by atoms with Crippen LogP contribution in [-0.4, -0.2) is 17.7 Å². The van der Waals surface area contributed by atoms with Crippen LogP contribution in [0.1, 0.15) is 12.0 Å². The molecule has 1 rings (SSSR count). The molecule has 1 aromatic carbocycles. The van der Waals surface area contributed by atoms with Gasteiger partial charge in [-0.25, -0.2) is 4.39 Å². The second-order valence-corrected chi connectivity index (χ2v) is 2.93. The lowest BCUT2D eigenvalue weighted by atomic mass is 10.2. The Bertz CT molecular complexity index is 336. The van der Waals surface area contributed by atoms with Crippen molar-refractivity contribution in [3.05, 3.63) is 29.6 Å². The van der Waals surface area contributed by atoms with E-state index < -0.39 is 11.8 Å². The van der Waals surface area contributed by atoms with Crippen LogP contribution in [0.5, 0.6) is 5.75 Å². The Morgan fingerprint density at radius 1 is 1.57 bits per heavy atom. The summed E-state index contributed by atoms with van der Waals surface area (Å²) in [6.45, 7) is 1.75. The molecule has 3 nitrogen and oxygen atoms in total. The molecule has 0 atom stereocenters. The molecule has 1 N–H and O–H groups in total. The molecule has 0 unspecified atom stereocenters. The van der Waals surface area contributed by atoms with Crippen LogP contribution in [0.3, 0.4) is 0 Å². The zero-order valence-corrected chi connectivity index (χ0v) is 7.79. The number of carbonyl (C=O) groups is 1. The molecule has 14 heavy (non-hydrogen) atoms. The number of aliphatic carboxylic acids is 1. The van der Waals surface area contributed by atoms with E-state index in [1.54, 1.807) is 13.0 Å². The first-order chi connectivity index (χ1) is 6.59. The average Bonchev–Trinajstić information content (AvgIpc) is 2.08. The average molecular weight is 198 g/mol. The Balaban J connectivity index is 2.55. The monoisotopic (exact) mass is 198 g/mol. The van der Waals surface area contributed by atoms with Gasteiger partial charge in [0.25, 0.3) is 0 Å². The molecule has 0 aromatic heterocycles. The fourth-order valence-corrected chi connectivity index (χ4v) is 0.971. The maximum Gasteiger partial charge on any atom is 0.306 e. The largest absolute Gasteiger partial charge is 0.490 e. The lowest BCUT2D eigenvalue weighted by Gasteiger charge is -2.05. The van der Waals surface area contributed by atoms with Crippen molar-refractivity contribution in [2.45, 2.75) is 13.3 Å². The molecule has 0 amide bonds. The molecule has 4 heteroatoms. The van der Waals surface area contributed by atoms with Gasteiger partial charge in [-0.1, -0.05) is 6.07 Å². The summed E-state index contributed by atoms with van der Waals surface area (Å²) < 4.78 is 18.0. The van der Waals surface area contributed by atoms with Gasteiger partial charge in [-0.3, -0.25) is 4.79 Å². The first-order valence-electron chi connectivity index (χ1n) is 4.20. The van der Waals surface area contributed by atoms with Crippen molar-refractivity contribution in [3.8, 4) is 5.75 Å². The van der Waals surface area contributed by atoms with Gasteiger partial charge in [-0.05, 0) is 24.6 Å². The minimum atomic E-state index is -0.961. The summed E-state index contributed by atoms with van der Waals surface area (Å²) in [5, 5.41) is 8.33. The number of aryl methyl sites for hydroxylation is 1. The number of hydrogen-bond donors (Lipinski definition) is 1. The number of hydrogen-bond acceptors (Lipinski definition) is 2. The summed E-state index contributed by atoms with van der Waals surface area (Å²) in [4.78, 5) is 10.2. The van der Waals surface area contributed by atoms with Gasteiger partial charge in [0.15, 0.2) is 11.6 Å². The number of carboxylic acid groups (broad SMARTS) is 1. The van der Waals surface area contributed by atoms with E-state index in [1.165, 1.54) is 12.1 Å². The zero-order chi connectivity index (χ0) is 10.6. The van der Waals surface area contributed by atoms with Gasteiger partial charge in [0.05, 0.1) is 13.0 Å². The van der Waals surface area contributed by atoms with E-state index >= 15 is 0 Å². The number of rotatable bonds is 4. The van der Waals surface area contributed by atoms with Crippen molar-refractivity contribution in [2.75, 3.05) is 6.61 Å². The fraction of sp³-hybridized carbons (Fsp3) is 0.300. The van der Waals surface area contributed by atoms with E-state index in [-0.39, 0.29) is 18.8 Å². The van der Waals surface area contributed by atoms with Crippen LogP contribution < -0.4 is 4.74 Å². The smallest absolute Gasteiger partial charge is 0.306 e. The van der Waals surface area contributed by atoms with Gasteiger partial charge in [-0.15, -0.1) is 0 Å². The summed E-state index contributed by atoms with van der Waals surface area (Å²) in [5.41, 5.74) is 0.799. The summed E-state index contributed by atoms with van der Waals surface area (Å²) in [6, 6.07) is 4.54. The molecule has 0 saturated heterocycles. The van der Waals surface area contributed by atoms with E-state index in [0.29, 0.717) is 0 Å². The Morgan fingerprint density at radius 3 is 2.86 bits per heavy atom. The summed E-state index contributed by atoms with van der Waals surface area (Å²) in [6.07, 6.45) is -0.132. The minimum absolute atomic E-state index is 0.0185. The number of benzene rings is 1. The molecule has 0 saturated carbocycles. The van der Waals surface area contributed by atoms with E-state index in [9.17, 15) is 9.18 Å². The van der Waals surface area contributed by atoms with Crippen molar-refractivity contribution < 1.29 is 19.0 Å². The van der Waals surface area contributed by atoms with Crippen LogP contribution in [0.4, 0.5) is 4.39 Å². The molecule has 0 radical (unpaired) electrons. The molecule has 1 aromatic rings. The Kier molecular flexibility index (Phi) is 3.45. The highest BCUT2D eigenvalue weighted by Gasteiger charge is 2.04. The third-order valence-electron chi connectivity index (χ3n) is 1.66. The number of ether oxygens (including phenoxy) is 1. The SMILES string of the molecule is Cc1ccc(OCCC(=O)O)c(F)c1. The van der Waals surface area contributed by atoms with Crippen LogP contribution in [0, 0.1) is 12.7 Å². The summed E-state index contributed by atoms with van der Waals surface area (Å²) >= 11 is 0. The topological polar surface area (TPSA) is 46.5 Å². The van der Waals surface area contributed by atoms with E-state index in [0.717, 1.165) is 5.56 Å². The van der Waals surface area contributed by atoms with Crippen LogP contribution in [-0.2, 0) is 4.79 Å². The van der Waals surface area contributed by atoms with Gasteiger partial charge < -0.3 is 9.84 Å². The molecule has 0 aliphatic carbocycles. The van der Waals surface area contributed by atoms with Crippen molar-refractivity contribution in [1.82, 2.24) is 0 Å². The summed E-state index contributed by atoms with van der Waals surface area (Å²) in [7, 11) is 0. The van der Waals surface area contributed by atoms with E-state index in [4.69, 9.17) is 9.84 Å². The highest BCUT2D eigenvalue weighted by Crippen LogP contribution is 2.17. The van der Waals surface area contributed by atoms with Crippen LogP contribution >= 0.6 is 0 Å². The maximum atomic E-state index is 13.1. The van der Waals surface area contributed by atoms with Gasteiger partial charge >= 0.3 is 5.97 Å². The normalized spacial score (nSPS) is 9.86. The van der Waals surface area contributed by atoms with Gasteiger partial charge in [0, 0.05) is 0 Å². The third kappa shape index (κ3) is 3.05. The fourth-order valence-electron chi connectivity index (χ4n) is 0.971. The molecule has 0 aliphatic heterocycles. The van der Waals surface area contributed by atoms with Crippen molar-refractivity contribution in [3.63, 3.8) is 0 Å². The van der Waals surface area contributed by atoms with E-state index in [2.05, 4.69) is 0 Å². The quantitative estimate of drug-likeness (QED) is 0.804. The van der Waals surface area contributed by atoms with Crippen LogP contribution in [0.2, 0.25) is 0 Å². The summed E-state index contributed by atoms with van der Waals surface area (Å²) in [5.74, 6) is -1.33. The van der Waals surface area contributed by atoms with Gasteiger partial charge in [-0.2, -0.15) is 0 Å². The lowest BCUT2D eigenvalue weighted by Crippen LogP contribution is -2.05. The highest BCUT2D eigenvalue weighted by atomic mass is 19.1. The first kappa shape index (κ1) is 10.5. The van der Waals surface area contributed by atoms with Crippen molar-refractivity contribution in [2.24, 2.45) is 0 Å². The molecule has 0 fully saturated rings.